The monoisotopic (exact) mass is 487 g/mol. The van der Waals surface area contributed by atoms with Crippen molar-refractivity contribution in [2.24, 2.45) is 5.92 Å². The summed E-state index contributed by atoms with van der Waals surface area (Å²) in [7, 11) is -2.38. The quantitative estimate of drug-likeness (QED) is 0.645. The first-order chi connectivity index (χ1) is 14.2. The zero-order chi connectivity index (χ0) is 22.1. The number of hydrogen-bond donors (Lipinski definition) is 1. The van der Waals surface area contributed by atoms with Crippen LogP contribution in [-0.2, 0) is 19.6 Å². The van der Waals surface area contributed by atoms with Gasteiger partial charge in [-0.05, 0) is 37.5 Å². The molecule has 12 heteroatoms. The fourth-order valence-electron chi connectivity index (χ4n) is 3.16. The Balaban J connectivity index is 1.68. The topological polar surface area (TPSA) is 117 Å². The zero-order valence-corrected chi connectivity index (χ0v) is 19.3. The Labute approximate surface area is 187 Å². The lowest BCUT2D eigenvalue weighted by atomic mass is 9.97. The van der Waals surface area contributed by atoms with Crippen LogP contribution in [-0.4, -0.2) is 44.8 Å². The number of amides is 1. The number of esters is 1. The summed E-state index contributed by atoms with van der Waals surface area (Å²) in [6, 6.07) is 5.02. The maximum atomic E-state index is 12.7. The SMILES string of the molecule is COC(=O)c1sc(NC(=O)C2CCN(S(=O)(=O)c3ccc(Cl)s3)CC2)c(C#N)c1C. The molecule has 0 spiro atoms. The molecule has 1 aliphatic heterocycles. The molecular weight excluding hydrogens is 470 g/mol. The van der Waals surface area contributed by atoms with Crippen LogP contribution in [0.4, 0.5) is 5.00 Å². The number of halogens is 1. The van der Waals surface area contributed by atoms with Crippen molar-refractivity contribution in [2.75, 3.05) is 25.5 Å². The van der Waals surface area contributed by atoms with Crippen LogP contribution in [0.25, 0.3) is 0 Å². The molecule has 160 valence electrons. The third-order valence-electron chi connectivity index (χ3n) is 4.83. The summed E-state index contributed by atoms with van der Waals surface area (Å²) < 4.78 is 32.0. The number of carbonyl (C=O) groups excluding carboxylic acids is 2. The second-order valence-electron chi connectivity index (χ2n) is 6.59. The number of sulfonamides is 1. The van der Waals surface area contributed by atoms with Crippen LogP contribution in [0, 0.1) is 24.2 Å². The van der Waals surface area contributed by atoms with Crippen LogP contribution in [0.1, 0.15) is 33.6 Å². The molecule has 1 N–H and O–H groups in total. The van der Waals surface area contributed by atoms with Crippen LogP contribution < -0.4 is 5.32 Å². The number of hydrogen-bond acceptors (Lipinski definition) is 8. The van der Waals surface area contributed by atoms with Crippen LogP contribution in [0.3, 0.4) is 0 Å². The number of piperidine rings is 1. The Hall–Kier alpha value is -1.97. The lowest BCUT2D eigenvalue weighted by Gasteiger charge is -2.30. The van der Waals surface area contributed by atoms with Crippen LogP contribution >= 0.6 is 34.3 Å². The summed E-state index contributed by atoms with van der Waals surface area (Å²) in [6.45, 7) is 2.03. The third kappa shape index (κ3) is 4.38. The van der Waals surface area contributed by atoms with Gasteiger partial charge in [0.1, 0.15) is 20.2 Å². The van der Waals surface area contributed by atoms with Gasteiger partial charge >= 0.3 is 5.97 Å². The van der Waals surface area contributed by atoms with Crippen LogP contribution in [0.15, 0.2) is 16.3 Å². The molecule has 0 saturated carbocycles. The van der Waals surface area contributed by atoms with Gasteiger partial charge in [0.25, 0.3) is 10.0 Å². The number of thiophene rings is 2. The average Bonchev–Trinajstić information content (AvgIpc) is 3.31. The van der Waals surface area contributed by atoms with E-state index in [1.807, 2.05) is 6.07 Å². The Morgan fingerprint density at radius 1 is 1.30 bits per heavy atom. The van der Waals surface area contributed by atoms with Crippen molar-refractivity contribution >= 4 is 61.2 Å². The van der Waals surface area contributed by atoms with E-state index in [9.17, 15) is 23.3 Å². The molecule has 0 radical (unpaired) electrons. The fourth-order valence-corrected chi connectivity index (χ4v) is 7.34. The molecular formula is C18H18ClN3O5S3. The van der Waals surface area contributed by atoms with Crippen molar-refractivity contribution in [2.45, 2.75) is 24.0 Å². The Kier molecular flexibility index (Phi) is 6.84. The number of anilines is 1. The highest BCUT2D eigenvalue weighted by molar-refractivity contribution is 7.91. The first-order valence-electron chi connectivity index (χ1n) is 8.87. The van der Waals surface area contributed by atoms with E-state index >= 15 is 0 Å². The lowest BCUT2D eigenvalue weighted by molar-refractivity contribution is -0.120. The van der Waals surface area contributed by atoms with Gasteiger partial charge in [0.05, 0.1) is 17.0 Å². The number of nitriles is 1. The first kappa shape index (κ1) is 22.7. The molecule has 1 saturated heterocycles. The third-order valence-corrected chi connectivity index (χ3v) is 9.62. The molecule has 0 atom stereocenters. The van der Waals surface area contributed by atoms with Crippen molar-refractivity contribution in [3.8, 4) is 6.07 Å². The van der Waals surface area contributed by atoms with Gasteiger partial charge in [0.2, 0.25) is 5.91 Å². The van der Waals surface area contributed by atoms with E-state index in [1.165, 1.54) is 23.5 Å². The van der Waals surface area contributed by atoms with Gasteiger partial charge in [0.15, 0.2) is 0 Å². The zero-order valence-electron chi connectivity index (χ0n) is 16.1. The summed E-state index contributed by atoms with van der Waals surface area (Å²) in [6.07, 6.45) is 0.695. The molecule has 3 heterocycles. The van der Waals surface area contributed by atoms with Gasteiger partial charge in [0, 0.05) is 19.0 Å². The van der Waals surface area contributed by atoms with Gasteiger partial charge < -0.3 is 10.1 Å². The van der Waals surface area contributed by atoms with Gasteiger partial charge in [-0.25, -0.2) is 13.2 Å². The highest BCUT2D eigenvalue weighted by Gasteiger charge is 2.33. The van der Waals surface area contributed by atoms with Gasteiger partial charge in [-0.2, -0.15) is 9.57 Å². The van der Waals surface area contributed by atoms with E-state index in [0.717, 1.165) is 22.7 Å². The van der Waals surface area contributed by atoms with E-state index < -0.39 is 21.9 Å². The number of rotatable bonds is 5. The number of carbonyl (C=O) groups is 2. The van der Waals surface area contributed by atoms with E-state index in [2.05, 4.69) is 5.32 Å². The Morgan fingerprint density at radius 2 is 1.97 bits per heavy atom. The largest absolute Gasteiger partial charge is 0.465 e. The number of ether oxygens (including phenoxy) is 1. The molecule has 2 aromatic rings. The maximum absolute atomic E-state index is 12.7. The minimum Gasteiger partial charge on any atom is -0.465 e. The van der Waals surface area contributed by atoms with Crippen LogP contribution in [0.5, 0.6) is 0 Å². The Bertz CT molecular complexity index is 1120. The summed E-state index contributed by atoms with van der Waals surface area (Å²) in [5, 5.41) is 12.4. The molecule has 3 rings (SSSR count). The molecule has 0 aromatic carbocycles. The van der Waals surface area contributed by atoms with Crippen molar-refractivity contribution < 1.29 is 22.7 Å². The van der Waals surface area contributed by atoms with Crippen molar-refractivity contribution in [3.63, 3.8) is 0 Å². The second-order valence-corrected chi connectivity index (χ2v) is 11.5. The smallest absolute Gasteiger partial charge is 0.348 e. The maximum Gasteiger partial charge on any atom is 0.348 e. The average molecular weight is 488 g/mol. The van der Waals surface area contributed by atoms with Gasteiger partial charge in [-0.3, -0.25) is 4.79 Å². The molecule has 1 amide bonds. The van der Waals surface area contributed by atoms with Gasteiger partial charge in [-0.15, -0.1) is 22.7 Å². The normalized spacial score (nSPS) is 15.5. The molecule has 2 aromatic heterocycles. The first-order valence-corrected chi connectivity index (χ1v) is 12.3. The summed E-state index contributed by atoms with van der Waals surface area (Å²) >= 11 is 7.84. The molecule has 0 aliphatic carbocycles. The molecule has 30 heavy (non-hydrogen) atoms. The molecule has 0 unspecified atom stereocenters. The molecule has 1 aliphatic rings. The lowest BCUT2D eigenvalue weighted by Crippen LogP contribution is -2.41. The summed E-state index contributed by atoms with van der Waals surface area (Å²) in [5.74, 6) is -1.28. The molecule has 0 bridgehead atoms. The van der Waals surface area contributed by atoms with E-state index in [0.29, 0.717) is 27.7 Å². The highest BCUT2D eigenvalue weighted by atomic mass is 35.5. The van der Waals surface area contributed by atoms with Crippen LogP contribution in [0.2, 0.25) is 4.34 Å². The van der Waals surface area contributed by atoms with Gasteiger partial charge in [-0.1, -0.05) is 11.6 Å². The fraction of sp³-hybridized carbons (Fsp3) is 0.389. The number of methoxy groups -OCH3 is 1. The van der Waals surface area contributed by atoms with E-state index in [4.69, 9.17) is 16.3 Å². The van der Waals surface area contributed by atoms with Crippen molar-refractivity contribution in [1.82, 2.24) is 4.31 Å². The summed E-state index contributed by atoms with van der Waals surface area (Å²) in [5.41, 5.74) is 0.684. The highest BCUT2D eigenvalue weighted by Crippen LogP contribution is 2.34. The summed E-state index contributed by atoms with van der Waals surface area (Å²) in [4.78, 5) is 24.8. The predicted molar refractivity (Wildman–Crippen MR) is 115 cm³/mol. The van der Waals surface area contributed by atoms with Crippen molar-refractivity contribution in [3.05, 3.63) is 32.5 Å². The van der Waals surface area contributed by atoms with Crippen molar-refractivity contribution in [1.29, 1.82) is 5.26 Å². The number of nitrogens with one attached hydrogen (secondary N) is 1. The van der Waals surface area contributed by atoms with E-state index in [1.54, 1.807) is 6.92 Å². The minimum atomic E-state index is -3.63. The second kappa shape index (κ2) is 9.03. The Morgan fingerprint density at radius 3 is 2.50 bits per heavy atom. The standard InChI is InChI=1S/C18H18ClN3O5S3/c1-10-12(9-20)17(29-15(10)18(24)27-2)21-16(23)11-5-7-22(8-6-11)30(25,26)14-4-3-13(19)28-14/h3-4,11H,5-8H2,1-2H3,(H,21,23). The number of nitrogens with zero attached hydrogens (tertiary/aromatic N) is 2. The predicted octanol–water partition coefficient (Wildman–Crippen LogP) is 3.47. The molecule has 1 fully saturated rings. The van der Waals surface area contributed by atoms with E-state index in [-0.39, 0.29) is 33.6 Å². The minimum absolute atomic E-state index is 0.179. The molecule has 8 nitrogen and oxygen atoms in total.